The summed E-state index contributed by atoms with van der Waals surface area (Å²) in [4.78, 5) is 0. The van der Waals surface area contributed by atoms with Gasteiger partial charge in [0.2, 0.25) is 0 Å². The lowest BCUT2D eigenvalue weighted by atomic mass is 10.5. The van der Waals surface area contributed by atoms with Crippen molar-refractivity contribution in [2.24, 2.45) is 5.10 Å². The van der Waals surface area contributed by atoms with Crippen molar-refractivity contribution in [3.05, 3.63) is 19.9 Å². The summed E-state index contributed by atoms with van der Waals surface area (Å²) in [5, 5.41) is 7.52. The Morgan fingerprint density at radius 2 is 2.00 bits per heavy atom. The maximum absolute atomic E-state index is 12.2. The third kappa shape index (κ3) is 2.68. The van der Waals surface area contributed by atoms with Crippen LogP contribution in [-0.2, 0) is 4.74 Å². The lowest BCUT2D eigenvalue weighted by Gasteiger charge is -2.08. The van der Waals surface area contributed by atoms with Gasteiger partial charge >= 0.3 is 6.61 Å². The van der Waals surface area contributed by atoms with Gasteiger partial charge in [-0.05, 0) is 47.8 Å². The molecule has 1 aliphatic rings. The van der Waals surface area contributed by atoms with E-state index >= 15 is 0 Å². The summed E-state index contributed by atoms with van der Waals surface area (Å²) in [6, 6.07) is 1.64. The molecule has 5 nitrogen and oxygen atoms in total. The summed E-state index contributed by atoms with van der Waals surface area (Å²) in [5.41, 5.74) is 3.80. The molecule has 0 saturated carbocycles. The highest BCUT2D eigenvalue weighted by Gasteiger charge is 2.28. The minimum absolute atomic E-state index is 0.197. The molecule has 0 aliphatic carbocycles. The minimum atomic E-state index is -2.98. The average Bonchev–Trinajstić information content (AvgIpc) is 2.70. The number of nitrogens with zero attached hydrogens (tertiary/aromatic N) is 4. The zero-order chi connectivity index (χ0) is 12.6. The van der Waals surface area contributed by atoms with E-state index in [0.717, 1.165) is 0 Å². The molecule has 1 aromatic rings. The first-order valence-corrected chi connectivity index (χ1v) is 6.42. The molecule has 2 rings (SSSR count). The van der Waals surface area contributed by atoms with E-state index in [2.05, 4.69) is 68.2 Å². The Hall–Kier alpha value is -0.480. The molecule has 0 saturated heterocycles. The molecule has 0 N–H and O–H groups in total. The molecule has 0 spiro atoms. The van der Waals surface area contributed by atoms with E-state index < -0.39 is 6.61 Å². The van der Waals surface area contributed by atoms with Crippen molar-refractivity contribution in [1.82, 2.24) is 15.2 Å². The van der Waals surface area contributed by atoms with Gasteiger partial charge in [-0.25, -0.2) is 4.68 Å². The predicted molar refractivity (Wildman–Crippen MR) is 66.4 cm³/mol. The van der Waals surface area contributed by atoms with Gasteiger partial charge in [0, 0.05) is 6.07 Å². The van der Waals surface area contributed by atoms with Crippen LogP contribution in [0.3, 0.4) is 0 Å². The number of rotatable bonds is 2. The molecular formula is C7H2Br3F2N4O. The Morgan fingerprint density at radius 3 is 2.53 bits per heavy atom. The summed E-state index contributed by atoms with van der Waals surface area (Å²) in [7, 11) is 0. The monoisotopic (exact) mass is 433 g/mol. The summed E-state index contributed by atoms with van der Waals surface area (Å²) in [6.45, 7) is -2.98. The third-order valence-corrected chi connectivity index (χ3v) is 3.16. The van der Waals surface area contributed by atoms with Gasteiger partial charge in [0.15, 0.2) is 10.3 Å². The molecule has 0 bridgehead atoms. The molecule has 0 fully saturated rings. The Balaban J connectivity index is 2.39. The predicted octanol–water partition coefficient (Wildman–Crippen LogP) is 3.10. The topological polar surface area (TPSA) is 53.5 Å². The van der Waals surface area contributed by atoms with E-state index in [4.69, 9.17) is 0 Å². The van der Waals surface area contributed by atoms with Crippen molar-refractivity contribution in [2.45, 2.75) is 6.61 Å². The molecular weight excluding hydrogens is 434 g/mol. The molecule has 0 aromatic carbocycles. The Morgan fingerprint density at radius 1 is 1.29 bits per heavy atom. The number of hydrogen-bond acceptors (Lipinski definition) is 3. The van der Waals surface area contributed by atoms with Crippen molar-refractivity contribution in [2.75, 3.05) is 0 Å². The standard InChI is InChI=1S/C7H2Br3F2N4O/c8-2-1-3(9)16(15-2)4-5(10)13-14-6(4)17-7(11)12/h1,7H. The number of ether oxygens (including phenoxy) is 1. The van der Waals surface area contributed by atoms with Gasteiger partial charge in [0.05, 0.1) is 0 Å². The summed E-state index contributed by atoms with van der Waals surface area (Å²) in [6.07, 6.45) is 0. The fourth-order valence-electron chi connectivity index (χ4n) is 1.10. The highest BCUT2D eigenvalue weighted by molar-refractivity contribution is 9.12. The SMILES string of the molecule is FC(F)OC1=N[N]C(Br)=C1n1nc(Br)cc1Br. The van der Waals surface area contributed by atoms with Gasteiger partial charge in [-0.2, -0.15) is 13.9 Å². The van der Waals surface area contributed by atoms with Crippen molar-refractivity contribution >= 4 is 59.4 Å². The van der Waals surface area contributed by atoms with Crippen LogP contribution in [0.4, 0.5) is 8.78 Å². The maximum Gasteiger partial charge on any atom is 0.388 e. The third-order valence-electron chi connectivity index (χ3n) is 1.68. The van der Waals surface area contributed by atoms with Crippen LogP contribution < -0.4 is 5.43 Å². The van der Waals surface area contributed by atoms with Gasteiger partial charge in [0.1, 0.15) is 9.21 Å². The van der Waals surface area contributed by atoms with E-state index in [1.807, 2.05) is 0 Å². The highest BCUT2D eigenvalue weighted by Crippen LogP contribution is 2.28. The van der Waals surface area contributed by atoms with Crippen LogP contribution >= 0.6 is 47.8 Å². The zero-order valence-corrected chi connectivity index (χ0v) is 12.5. The Bertz CT molecular complexity index is 513. The molecule has 10 heteroatoms. The number of alkyl halides is 2. The van der Waals surface area contributed by atoms with Crippen LogP contribution in [0.1, 0.15) is 0 Å². The second-order valence-corrected chi connectivity index (χ2v) is 5.10. The average molecular weight is 436 g/mol. The van der Waals surface area contributed by atoms with Gasteiger partial charge in [0.25, 0.3) is 5.90 Å². The maximum atomic E-state index is 12.2. The van der Waals surface area contributed by atoms with Crippen LogP contribution in [0.2, 0.25) is 0 Å². The largest absolute Gasteiger partial charge is 0.413 e. The van der Waals surface area contributed by atoms with Gasteiger partial charge in [-0.1, -0.05) is 0 Å². The number of aromatic nitrogens is 2. The van der Waals surface area contributed by atoms with Gasteiger partial charge in [-0.15, -0.1) is 10.5 Å². The van der Waals surface area contributed by atoms with E-state index in [1.165, 1.54) is 4.68 Å². The molecule has 1 aromatic heterocycles. The lowest BCUT2D eigenvalue weighted by Crippen LogP contribution is -2.15. The van der Waals surface area contributed by atoms with Gasteiger partial charge in [-0.3, -0.25) is 0 Å². The second kappa shape index (κ2) is 5.02. The van der Waals surface area contributed by atoms with Crippen molar-refractivity contribution in [3.8, 4) is 0 Å². The molecule has 0 atom stereocenters. The normalized spacial score (nSPS) is 15.3. The van der Waals surface area contributed by atoms with Crippen LogP contribution in [0.15, 0.2) is 25.0 Å². The minimum Gasteiger partial charge on any atom is -0.413 e. The van der Waals surface area contributed by atoms with Crippen molar-refractivity contribution < 1.29 is 13.5 Å². The fraction of sp³-hybridized carbons (Fsp3) is 0.143. The van der Waals surface area contributed by atoms with Crippen molar-refractivity contribution in [1.29, 1.82) is 0 Å². The Kier molecular flexibility index (Phi) is 3.83. The summed E-state index contributed by atoms with van der Waals surface area (Å²) >= 11 is 9.48. The van der Waals surface area contributed by atoms with Crippen molar-refractivity contribution in [3.63, 3.8) is 0 Å². The van der Waals surface area contributed by atoms with Gasteiger partial charge < -0.3 is 4.74 Å². The molecule has 17 heavy (non-hydrogen) atoms. The molecule has 0 unspecified atom stereocenters. The lowest BCUT2D eigenvalue weighted by molar-refractivity contribution is -0.0591. The number of hydrogen-bond donors (Lipinski definition) is 0. The fourth-order valence-corrected chi connectivity index (χ4v) is 2.68. The first-order valence-electron chi connectivity index (χ1n) is 4.04. The van der Waals surface area contributed by atoms with E-state index in [1.54, 1.807) is 6.07 Å². The Labute approximate surface area is 119 Å². The second-order valence-electron chi connectivity index (χ2n) is 2.72. The smallest absolute Gasteiger partial charge is 0.388 e. The molecule has 0 amide bonds. The molecule has 91 valence electrons. The van der Waals surface area contributed by atoms with Crippen LogP contribution in [0.5, 0.6) is 0 Å². The van der Waals surface area contributed by atoms with Crippen LogP contribution in [-0.4, -0.2) is 22.3 Å². The van der Waals surface area contributed by atoms with E-state index in [9.17, 15) is 8.78 Å². The zero-order valence-electron chi connectivity index (χ0n) is 7.74. The molecule has 1 aliphatic heterocycles. The molecule has 1 radical (unpaired) electrons. The van der Waals surface area contributed by atoms with E-state index in [-0.39, 0.29) is 16.2 Å². The quantitative estimate of drug-likeness (QED) is 0.670. The van der Waals surface area contributed by atoms with Crippen LogP contribution in [0.25, 0.3) is 5.70 Å². The first-order chi connectivity index (χ1) is 7.99. The van der Waals surface area contributed by atoms with Crippen LogP contribution in [0, 0.1) is 0 Å². The summed E-state index contributed by atoms with van der Waals surface area (Å²) < 4.78 is 31.2. The number of halogens is 5. The van der Waals surface area contributed by atoms with E-state index in [0.29, 0.717) is 9.21 Å². The summed E-state index contributed by atoms with van der Waals surface area (Å²) in [5.74, 6) is -0.303. The highest BCUT2D eigenvalue weighted by atomic mass is 79.9. The molecule has 2 heterocycles. The first kappa shape index (κ1) is 13.0.